The van der Waals surface area contributed by atoms with Gasteiger partial charge in [0.1, 0.15) is 0 Å². The van der Waals surface area contributed by atoms with Crippen LogP contribution >= 0.6 is 0 Å². The Balaban J connectivity index is 2.49. The molecule has 0 aromatic carbocycles. The van der Waals surface area contributed by atoms with Crippen molar-refractivity contribution in [3.05, 3.63) is 0 Å². The lowest BCUT2D eigenvalue weighted by Crippen LogP contribution is -2.47. The molecule has 17 heavy (non-hydrogen) atoms. The van der Waals surface area contributed by atoms with Crippen molar-refractivity contribution >= 4 is 0 Å². The SMILES string of the molecule is CCCCN(CC(F)(F)F)C1CCN(C)CC1. The van der Waals surface area contributed by atoms with Gasteiger partial charge in [0, 0.05) is 6.04 Å². The van der Waals surface area contributed by atoms with Crippen LogP contribution in [0.15, 0.2) is 0 Å². The summed E-state index contributed by atoms with van der Waals surface area (Å²) in [5.74, 6) is 0. The molecule has 1 rings (SSSR count). The predicted octanol–water partition coefficient (Wildman–Crippen LogP) is 2.75. The summed E-state index contributed by atoms with van der Waals surface area (Å²) in [6.45, 7) is 3.66. The van der Waals surface area contributed by atoms with E-state index in [4.69, 9.17) is 0 Å². The van der Waals surface area contributed by atoms with Crippen LogP contribution in [0.1, 0.15) is 32.6 Å². The van der Waals surface area contributed by atoms with Crippen molar-refractivity contribution in [2.24, 2.45) is 0 Å². The van der Waals surface area contributed by atoms with Crippen LogP contribution in [0, 0.1) is 0 Å². The number of halogens is 3. The minimum absolute atomic E-state index is 0.111. The maximum Gasteiger partial charge on any atom is 0.401 e. The summed E-state index contributed by atoms with van der Waals surface area (Å²) in [5.41, 5.74) is 0. The standard InChI is InChI=1S/C12H23F3N2/c1-3-4-7-17(10-12(13,14)15)11-5-8-16(2)9-6-11/h11H,3-10H2,1-2H3. The molecule has 5 heteroatoms. The topological polar surface area (TPSA) is 6.48 Å². The highest BCUT2D eigenvalue weighted by Crippen LogP contribution is 2.22. The monoisotopic (exact) mass is 252 g/mol. The summed E-state index contributed by atoms with van der Waals surface area (Å²) in [6.07, 6.45) is -0.562. The predicted molar refractivity (Wildman–Crippen MR) is 63.1 cm³/mol. The highest BCUT2D eigenvalue weighted by molar-refractivity contribution is 4.80. The van der Waals surface area contributed by atoms with Gasteiger partial charge in [-0.3, -0.25) is 4.90 Å². The average molecular weight is 252 g/mol. The molecule has 0 spiro atoms. The normalized spacial score (nSPS) is 20.1. The van der Waals surface area contributed by atoms with Crippen molar-refractivity contribution in [2.75, 3.05) is 33.2 Å². The number of nitrogens with zero attached hydrogens (tertiary/aromatic N) is 2. The van der Waals surface area contributed by atoms with Crippen molar-refractivity contribution in [1.82, 2.24) is 9.80 Å². The molecule has 0 atom stereocenters. The van der Waals surface area contributed by atoms with Crippen molar-refractivity contribution in [1.29, 1.82) is 0 Å². The molecule has 0 aromatic rings. The van der Waals surface area contributed by atoms with Crippen LogP contribution in [-0.4, -0.2) is 55.2 Å². The maximum absolute atomic E-state index is 12.5. The molecule has 102 valence electrons. The van der Waals surface area contributed by atoms with E-state index >= 15 is 0 Å². The number of likely N-dealkylation sites (tertiary alicyclic amines) is 1. The summed E-state index contributed by atoms with van der Waals surface area (Å²) < 4.78 is 37.5. The second kappa shape index (κ2) is 6.59. The fourth-order valence-electron chi connectivity index (χ4n) is 2.34. The van der Waals surface area contributed by atoms with E-state index in [2.05, 4.69) is 4.90 Å². The number of rotatable bonds is 5. The lowest BCUT2D eigenvalue weighted by Gasteiger charge is -2.37. The Morgan fingerprint density at radius 3 is 2.29 bits per heavy atom. The third kappa shape index (κ3) is 5.73. The lowest BCUT2D eigenvalue weighted by molar-refractivity contribution is -0.152. The average Bonchev–Trinajstić information content (AvgIpc) is 2.24. The molecule has 1 heterocycles. The van der Waals surface area contributed by atoms with Gasteiger partial charge in [0.25, 0.3) is 0 Å². The van der Waals surface area contributed by atoms with Crippen molar-refractivity contribution in [3.63, 3.8) is 0 Å². The molecule has 0 unspecified atom stereocenters. The molecule has 0 aliphatic carbocycles. The molecule has 1 aliphatic heterocycles. The van der Waals surface area contributed by atoms with Gasteiger partial charge in [-0.1, -0.05) is 13.3 Å². The summed E-state index contributed by atoms with van der Waals surface area (Å²) in [5, 5.41) is 0. The van der Waals surface area contributed by atoms with Gasteiger partial charge in [-0.25, -0.2) is 0 Å². The van der Waals surface area contributed by atoms with E-state index in [1.165, 1.54) is 0 Å². The van der Waals surface area contributed by atoms with E-state index in [0.29, 0.717) is 6.54 Å². The summed E-state index contributed by atoms with van der Waals surface area (Å²) in [6, 6.07) is 0.111. The van der Waals surface area contributed by atoms with Crippen LogP contribution in [-0.2, 0) is 0 Å². The third-order valence-electron chi connectivity index (χ3n) is 3.39. The van der Waals surface area contributed by atoms with Crippen LogP contribution in [0.3, 0.4) is 0 Å². The van der Waals surface area contributed by atoms with E-state index in [1.54, 1.807) is 4.90 Å². The number of piperidine rings is 1. The second-order valence-electron chi connectivity index (χ2n) is 4.97. The van der Waals surface area contributed by atoms with Crippen molar-refractivity contribution in [3.8, 4) is 0 Å². The Hall–Kier alpha value is -0.290. The first-order valence-corrected chi connectivity index (χ1v) is 6.41. The summed E-state index contributed by atoms with van der Waals surface area (Å²) in [7, 11) is 2.02. The largest absolute Gasteiger partial charge is 0.401 e. The highest BCUT2D eigenvalue weighted by Gasteiger charge is 2.34. The number of unbranched alkanes of at least 4 members (excludes halogenated alkanes) is 1. The molecule has 0 amide bonds. The Morgan fingerprint density at radius 1 is 1.24 bits per heavy atom. The van der Waals surface area contributed by atoms with E-state index in [1.807, 2.05) is 14.0 Å². The third-order valence-corrected chi connectivity index (χ3v) is 3.39. The van der Waals surface area contributed by atoms with Gasteiger partial charge < -0.3 is 4.90 Å². The first-order chi connectivity index (χ1) is 7.92. The van der Waals surface area contributed by atoms with E-state index in [-0.39, 0.29) is 6.04 Å². The molecule has 1 aliphatic rings. The molecule has 2 nitrogen and oxygen atoms in total. The second-order valence-corrected chi connectivity index (χ2v) is 4.97. The van der Waals surface area contributed by atoms with Crippen LogP contribution in [0.5, 0.6) is 0 Å². The molecular weight excluding hydrogens is 229 g/mol. The summed E-state index contributed by atoms with van der Waals surface area (Å²) >= 11 is 0. The molecule has 1 saturated heterocycles. The zero-order chi connectivity index (χ0) is 12.9. The minimum atomic E-state index is -4.07. The fourth-order valence-corrected chi connectivity index (χ4v) is 2.34. The molecule has 1 fully saturated rings. The van der Waals surface area contributed by atoms with Crippen LogP contribution in [0.2, 0.25) is 0 Å². The van der Waals surface area contributed by atoms with Crippen LogP contribution in [0.25, 0.3) is 0 Å². The summed E-state index contributed by atoms with van der Waals surface area (Å²) in [4.78, 5) is 3.82. The van der Waals surface area contributed by atoms with E-state index < -0.39 is 12.7 Å². The van der Waals surface area contributed by atoms with E-state index in [0.717, 1.165) is 38.8 Å². The number of hydrogen-bond acceptors (Lipinski definition) is 2. The zero-order valence-corrected chi connectivity index (χ0v) is 10.8. The van der Waals surface area contributed by atoms with Gasteiger partial charge in [-0.05, 0) is 45.9 Å². The fraction of sp³-hybridized carbons (Fsp3) is 1.00. The molecule has 0 aromatic heterocycles. The van der Waals surface area contributed by atoms with Gasteiger partial charge in [-0.2, -0.15) is 13.2 Å². The lowest BCUT2D eigenvalue weighted by atomic mass is 10.0. The zero-order valence-electron chi connectivity index (χ0n) is 10.8. The highest BCUT2D eigenvalue weighted by atomic mass is 19.4. The van der Waals surface area contributed by atoms with Gasteiger partial charge in [0.15, 0.2) is 0 Å². The van der Waals surface area contributed by atoms with Gasteiger partial charge in [0.05, 0.1) is 6.54 Å². The number of alkyl halides is 3. The van der Waals surface area contributed by atoms with Crippen molar-refractivity contribution in [2.45, 2.75) is 44.8 Å². The van der Waals surface area contributed by atoms with Crippen LogP contribution in [0.4, 0.5) is 13.2 Å². The Morgan fingerprint density at radius 2 is 1.82 bits per heavy atom. The minimum Gasteiger partial charge on any atom is -0.306 e. The van der Waals surface area contributed by atoms with Gasteiger partial charge >= 0.3 is 6.18 Å². The molecule has 0 radical (unpaired) electrons. The Bertz CT molecular complexity index is 210. The molecule has 0 bridgehead atoms. The molecular formula is C12H23F3N2. The van der Waals surface area contributed by atoms with Gasteiger partial charge in [0.2, 0.25) is 0 Å². The maximum atomic E-state index is 12.5. The molecule has 0 N–H and O–H groups in total. The van der Waals surface area contributed by atoms with E-state index in [9.17, 15) is 13.2 Å². The smallest absolute Gasteiger partial charge is 0.306 e. The first-order valence-electron chi connectivity index (χ1n) is 6.41. The van der Waals surface area contributed by atoms with Gasteiger partial charge in [-0.15, -0.1) is 0 Å². The first kappa shape index (κ1) is 14.8. The number of hydrogen-bond donors (Lipinski definition) is 0. The van der Waals surface area contributed by atoms with Crippen LogP contribution < -0.4 is 0 Å². The quantitative estimate of drug-likeness (QED) is 0.742. The van der Waals surface area contributed by atoms with Crippen molar-refractivity contribution < 1.29 is 13.2 Å². The Labute approximate surface area is 102 Å². The Kier molecular flexibility index (Phi) is 5.73. The molecule has 0 saturated carbocycles.